The molecule has 0 bridgehead atoms. The maximum Gasteiger partial charge on any atom is 0.280 e. The molecule has 5 aliphatic rings. The summed E-state index contributed by atoms with van der Waals surface area (Å²) in [6.07, 6.45) is 4.16. The van der Waals surface area contributed by atoms with E-state index in [4.69, 9.17) is 4.74 Å². The van der Waals surface area contributed by atoms with Gasteiger partial charge in [0.05, 0.1) is 5.92 Å². The lowest BCUT2D eigenvalue weighted by molar-refractivity contribution is -0.315. The van der Waals surface area contributed by atoms with E-state index in [1.165, 1.54) is 11.8 Å². The van der Waals surface area contributed by atoms with E-state index in [1.54, 1.807) is 4.90 Å². The average Bonchev–Trinajstić information content (AvgIpc) is 3.70. The third-order valence-electron chi connectivity index (χ3n) is 10.7. The maximum absolute atomic E-state index is 14.2. The SMILES string of the molecule is CN1C[C@@H](C(=O)N[C@]2(C)O[C@@]3(O)[C@@H]4CCCN4C(=O)[C@H](Cc4ccccc4)N3C2=O)C[C@@]2(O)c3cccc4[nH]cc(c34)C[C@@H]12. The lowest BCUT2D eigenvalue weighted by Crippen LogP contribution is -2.71. The van der Waals surface area contributed by atoms with Gasteiger partial charge in [0.15, 0.2) is 0 Å². The van der Waals surface area contributed by atoms with Crippen molar-refractivity contribution in [1.82, 2.24) is 25.0 Å². The second-order valence-electron chi connectivity index (χ2n) is 13.4. The number of nitrogens with one attached hydrogen (secondary N) is 2. The van der Waals surface area contributed by atoms with Crippen LogP contribution in [0, 0.1) is 5.92 Å². The Balaban J connectivity index is 1.09. The van der Waals surface area contributed by atoms with Crippen molar-refractivity contribution in [2.45, 2.75) is 74.4 Å². The molecule has 11 nitrogen and oxygen atoms in total. The maximum atomic E-state index is 14.2. The molecule has 1 aliphatic carbocycles. The number of hydrogen-bond acceptors (Lipinski definition) is 7. The van der Waals surface area contributed by atoms with Gasteiger partial charge in [-0.1, -0.05) is 42.5 Å². The van der Waals surface area contributed by atoms with Crippen molar-refractivity contribution in [3.05, 3.63) is 71.4 Å². The number of nitrogens with zero attached hydrogens (tertiary/aromatic N) is 3. The molecule has 3 aromatic rings. The molecule has 44 heavy (non-hydrogen) atoms. The third-order valence-corrected chi connectivity index (χ3v) is 10.7. The minimum Gasteiger partial charge on any atom is -0.383 e. The molecule has 4 N–H and O–H groups in total. The van der Waals surface area contributed by atoms with Crippen molar-refractivity contribution in [2.24, 2.45) is 5.92 Å². The minimum atomic E-state index is -2.08. The van der Waals surface area contributed by atoms with Crippen LogP contribution in [0.3, 0.4) is 0 Å². The van der Waals surface area contributed by atoms with E-state index in [0.29, 0.717) is 32.4 Å². The number of piperazine rings is 1. The van der Waals surface area contributed by atoms with Crippen LogP contribution in [0.4, 0.5) is 0 Å². The number of H-pyrrole nitrogens is 1. The molecule has 3 amide bonds. The first-order valence-corrected chi connectivity index (χ1v) is 15.5. The number of piperidine rings is 1. The molecule has 0 unspecified atom stereocenters. The van der Waals surface area contributed by atoms with Gasteiger partial charge >= 0.3 is 0 Å². The summed E-state index contributed by atoms with van der Waals surface area (Å²) in [4.78, 5) is 50.0. The number of likely N-dealkylation sites (tertiary alicyclic amines) is 1. The Morgan fingerprint density at radius 3 is 2.70 bits per heavy atom. The molecule has 230 valence electrons. The topological polar surface area (TPSA) is 138 Å². The Hall–Kier alpha value is -3.77. The fourth-order valence-corrected chi connectivity index (χ4v) is 8.71. The first kappa shape index (κ1) is 27.8. The van der Waals surface area contributed by atoms with Crippen molar-refractivity contribution >= 4 is 28.6 Å². The molecule has 4 saturated heterocycles. The van der Waals surface area contributed by atoms with Crippen molar-refractivity contribution in [3.63, 3.8) is 0 Å². The second-order valence-corrected chi connectivity index (χ2v) is 13.4. The van der Waals surface area contributed by atoms with E-state index in [2.05, 4.69) is 10.3 Å². The van der Waals surface area contributed by atoms with E-state index >= 15 is 0 Å². The van der Waals surface area contributed by atoms with E-state index in [0.717, 1.165) is 27.6 Å². The van der Waals surface area contributed by atoms with Gasteiger partial charge in [-0.25, -0.2) is 0 Å². The van der Waals surface area contributed by atoms with Crippen LogP contribution in [0.15, 0.2) is 54.7 Å². The lowest BCUT2D eigenvalue weighted by Gasteiger charge is -2.50. The highest BCUT2D eigenvalue weighted by Gasteiger charge is 2.70. The molecule has 0 saturated carbocycles. The second kappa shape index (κ2) is 9.37. The zero-order chi connectivity index (χ0) is 30.6. The Kier molecular flexibility index (Phi) is 5.91. The van der Waals surface area contributed by atoms with Crippen molar-refractivity contribution in [3.8, 4) is 0 Å². The molecule has 5 heterocycles. The van der Waals surface area contributed by atoms with Crippen molar-refractivity contribution in [1.29, 1.82) is 0 Å². The minimum absolute atomic E-state index is 0.168. The molecule has 0 spiro atoms. The number of likely N-dealkylation sites (N-methyl/N-ethyl adjacent to an activating group) is 1. The van der Waals surface area contributed by atoms with Crippen LogP contribution < -0.4 is 5.32 Å². The van der Waals surface area contributed by atoms with Crippen LogP contribution in [-0.4, -0.2) is 97.5 Å². The predicted molar refractivity (Wildman–Crippen MR) is 159 cm³/mol. The van der Waals surface area contributed by atoms with Gasteiger partial charge in [-0.15, -0.1) is 0 Å². The van der Waals surface area contributed by atoms with Crippen molar-refractivity contribution < 1.29 is 29.3 Å². The van der Waals surface area contributed by atoms with Crippen LogP contribution in [0.2, 0.25) is 0 Å². The number of ether oxygens (including phenoxy) is 1. The molecule has 11 heteroatoms. The highest BCUT2D eigenvalue weighted by molar-refractivity contribution is 5.97. The Bertz CT molecular complexity index is 1690. The van der Waals surface area contributed by atoms with E-state index in [9.17, 15) is 24.6 Å². The quantitative estimate of drug-likeness (QED) is 0.354. The Morgan fingerprint density at radius 1 is 1.11 bits per heavy atom. The Labute approximate surface area is 254 Å². The molecule has 4 aliphatic heterocycles. The number of benzene rings is 2. The first-order chi connectivity index (χ1) is 21.0. The number of carbonyl (C=O) groups excluding carboxylic acids is 3. The van der Waals surface area contributed by atoms with Gasteiger partial charge in [0, 0.05) is 42.7 Å². The summed E-state index contributed by atoms with van der Waals surface area (Å²) < 4.78 is 6.21. The third kappa shape index (κ3) is 3.73. The standard InChI is InChI=1S/C33H37N5O6/c1-31(30(41)38-24(14-19-8-4-3-5-9-19)29(40)37-13-7-12-25(37)33(38,43)44-31)35-28(39)21-16-32(42)22-10-6-11-23-27(22)20(17-34-23)15-26(32)36(2)18-21/h3-6,8-11,17,21,24-26,34,42-43H,7,12-16,18H2,1-2H3,(H,35,39)/t21-,24-,25-,26+,31+,32+,33-/m0/s1. The van der Waals surface area contributed by atoms with E-state index in [-0.39, 0.29) is 24.8 Å². The molecular weight excluding hydrogens is 562 g/mol. The summed E-state index contributed by atoms with van der Waals surface area (Å²) in [5, 5.41) is 28.1. The first-order valence-electron chi connectivity index (χ1n) is 15.5. The van der Waals surface area contributed by atoms with E-state index < -0.39 is 47.1 Å². The number of aromatic amines is 1. The van der Waals surface area contributed by atoms with Gasteiger partial charge in [0.25, 0.3) is 11.8 Å². The van der Waals surface area contributed by atoms with Gasteiger partial charge in [-0.2, -0.15) is 0 Å². The largest absolute Gasteiger partial charge is 0.383 e. The molecule has 4 fully saturated rings. The summed E-state index contributed by atoms with van der Waals surface area (Å²) >= 11 is 0. The number of aliphatic hydroxyl groups is 2. The highest BCUT2D eigenvalue weighted by atomic mass is 16.7. The van der Waals surface area contributed by atoms with Crippen LogP contribution in [0.1, 0.15) is 42.9 Å². The monoisotopic (exact) mass is 599 g/mol. The van der Waals surface area contributed by atoms with Crippen LogP contribution in [0.5, 0.6) is 0 Å². The van der Waals surface area contributed by atoms with Crippen LogP contribution in [-0.2, 0) is 37.6 Å². The van der Waals surface area contributed by atoms with Crippen LogP contribution in [0.25, 0.3) is 10.9 Å². The Morgan fingerprint density at radius 2 is 1.91 bits per heavy atom. The number of carbonyl (C=O) groups is 3. The lowest BCUT2D eigenvalue weighted by atomic mass is 9.68. The fourth-order valence-electron chi connectivity index (χ4n) is 8.71. The molecular formula is C33H37N5O6. The number of aromatic nitrogens is 1. The van der Waals surface area contributed by atoms with Crippen LogP contribution >= 0.6 is 0 Å². The summed E-state index contributed by atoms with van der Waals surface area (Å²) in [6.45, 7) is 2.29. The normalized spacial score (nSPS) is 36.4. The molecule has 0 radical (unpaired) electrons. The van der Waals surface area contributed by atoms with Gasteiger partial charge in [-0.3, -0.25) is 28.9 Å². The molecule has 7 atom stereocenters. The summed E-state index contributed by atoms with van der Waals surface area (Å²) in [5.41, 5.74) is 0.541. The van der Waals surface area contributed by atoms with Gasteiger partial charge in [-0.05, 0) is 62.4 Å². The number of fused-ring (bicyclic) bond motifs is 5. The molecule has 2 aromatic carbocycles. The predicted octanol–water partition coefficient (Wildman–Crippen LogP) is 1.19. The molecule has 1 aromatic heterocycles. The van der Waals surface area contributed by atoms with Crippen molar-refractivity contribution in [2.75, 3.05) is 20.1 Å². The van der Waals surface area contributed by atoms with Gasteiger partial charge in [0.1, 0.15) is 17.7 Å². The average molecular weight is 600 g/mol. The number of amides is 3. The summed E-state index contributed by atoms with van der Waals surface area (Å²) in [5.74, 6) is -4.09. The van der Waals surface area contributed by atoms with Gasteiger partial charge in [0.2, 0.25) is 17.5 Å². The zero-order valence-electron chi connectivity index (χ0n) is 24.8. The summed E-state index contributed by atoms with van der Waals surface area (Å²) in [6, 6.07) is 13.2. The van der Waals surface area contributed by atoms with E-state index in [1.807, 2.05) is 66.7 Å². The zero-order valence-corrected chi connectivity index (χ0v) is 24.8. The summed E-state index contributed by atoms with van der Waals surface area (Å²) in [7, 11) is 1.91. The smallest absolute Gasteiger partial charge is 0.280 e. The fraction of sp³-hybridized carbons (Fsp3) is 0.485. The number of rotatable bonds is 4. The number of hydrogen-bond donors (Lipinski definition) is 4. The van der Waals surface area contributed by atoms with Gasteiger partial charge < -0.3 is 25.4 Å². The molecule has 8 rings (SSSR count). The highest BCUT2D eigenvalue weighted by Crippen LogP contribution is 2.49.